The van der Waals surface area contributed by atoms with Gasteiger partial charge in [0.05, 0.1) is 0 Å². The van der Waals surface area contributed by atoms with Crippen LogP contribution in [0.15, 0.2) is 0 Å². The van der Waals surface area contributed by atoms with E-state index in [9.17, 15) is 0 Å². The summed E-state index contributed by atoms with van der Waals surface area (Å²) in [5, 5.41) is 3.68. The smallest absolute Gasteiger partial charge is 0.0252 e. The molecule has 0 bridgehead atoms. The first-order valence-corrected chi connectivity index (χ1v) is 8.27. The lowest BCUT2D eigenvalue weighted by atomic mass is 9.71. The van der Waals surface area contributed by atoms with Gasteiger partial charge >= 0.3 is 0 Å². The lowest BCUT2D eigenvalue weighted by Gasteiger charge is -2.42. The van der Waals surface area contributed by atoms with Crippen LogP contribution in [0.25, 0.3) is 0 Å². The van der Waals surface area contributed by atoms with Crippen molar-refractivity contribution in [2.75, 3.05) is 19.6 Å². The Morgan fingerprint density at radius 2 is 1.68 bits per heavy atom. The van der Waals surface area contributed by atoms with E-state index in [0.717, 1.165) is 12.0 Å². The minimum atomic E-state index is 0.289. The van der Waals surface area contributed by atoms with Gasteiger partial charge in [0, 0.05) is 18.1 Å². The summed E-state index contributed by atoms with van der Waals surface area (Å²) in [4.78, 5) is 2.78. The van der Waals surface area contributed by atoms with Crippen molar-refractivity contribution in [3.05, 3.63) is 0 Å². The lowest BCUT2D eigenvalue weighted by Crippen LogP contribution is -2.50. The fourth-order valence-corrected chi connectivity index (χ4v) is 3.97. The van der Waals surface area contributed by atoms with Crippen LogP contribution in [-0.2, 0) is 0 Å². The highest BCUT2D eigenvalue weighted by molar-refractivity contribution is 4.90. The second kappa shape index (κ2) is 5.73. The molecule has 0 atom stereocenters. The van der Waals surface area contributed by atoms with Crippen molar-refractivity contribution in [2.45, 2.75) is 78.3 Å². The number of hydrogen-bond donors (Lipinski definition) is 1. The molecule has 0 spiro atoms. The highest BCUT2D eigenvalue weighted by Gasteiger charge is 2.34. The molecule has 0 unspecified atom stereocenters. The van der Waals surface area contributed by atoms with E-state index in [1.54, 1.807) is 0 Å². The Kier molecular flexibility index (Phi) is 4.62. The molecule has 1 saturated carbocycles. The van der Waals surface area contributed by atoms with E-state index >= 15 is 0 Å². The largest absolute Gasteiger partial charge is 0.310 e. The molecule has 0 aromatic rings. The summed E-state index contributed by atoms with van der Waals surface area (Å²) in [7, 11) is 0. The van der Waals surface area contributed by atoms with Gasteiger partial charge < -0.3 is 5.32 Å². The maximum atomic E-state index is 3.68. The summed E-state index contributed by atoms with van der Waals surface area (Å²) in [6.45, 7) is 15.6. The van der Waals surface area contributed by atoms with Gasteiger partial charge in [0.1, 0.15) is 0 Å². The van der Waals surface area contributed by atoms with E-state index in [4.69, 9.17) is 0 Å². The van der Waals surface area contributed by atoms with Crippen LogP contribution >= 0.6 is 0 Å². The van der Waals surface area contributed by atoms with Crippen molar-refractivity contribution < 1.29 is 0 Å². The van der Waals surface area contributed by atoms with Crippen LogP contribution in [-0.4, -0.2) is 36.1 Å². The third kappa shape index (κ3) is 4.19. The summed E-state index contributed by atoms with van der Waals surface area (Å²) < 4.78 is 0. The van der Waals surface area contributed by atoms with Crippen LogP contribution in [0.1, 0.15) is 66.7 Å². The monoisotopic (exact) mass is 266 g/mol. The Morgan fingerprint density at radius 1 is 1.05 bits per heavy atom. The van der Waals surface area contributed by atoms with Gasteiger partial charge in [-0.15, -0.1) is 0 Å². The zero-order chi connectivity index (χ0) is 14.1. The van der Waals surface area contributed by atoms with Gasteiger partial charge in [-0.05, 0) is 70.4 Å². The van der Waals surface area contributed by atoms with Crippen LogP contribution < -0.4 is 5.32 Å². The number of nitrogens with zero attached hydrogens (tertiary/aromatic N) is 1. The molecule has 0 amide bonds. The van der Waals surface area contributed by atoms with Gasteiger partial charge in [0.15, 0.2) is 0 Å². The molecule has 2 heteroatoms. The van der Waals surface area contributed by atoms with Crippen molar-refractivity contribution in [1.82, 2.24) is 10.2 Å². The Balaban J connectivity index is 1.90. The number of nitrogens with one attached hydrogen (secondary N) is 1. The molecule has 2 nitrogen and oxygen atoms in total. The van der Waals surface area contributed by atoms with Crippen molar-refractivity contribution in [2.24, 2.45) is 11.3 Å². The normalized spacial score (nSPS) is 33.9. The Labute approximate surface area is 120 Å². The molecule has 1 aliphatic heterocycles. The Bertz CT molecular complexity index is 282. The summed E-state index contributed by atoms with van der Waals surface area (Å²) in [5.41, 5.74) is 0.794. The molecule has 0 radical (unpaired) electrons. The Morgan fingerprint density at radius 3 is 2.26 bits per heavy atom. The fraction of sp³-hybridized carbons (Fsp3) is 1.00. The quantitative estimate of drug-likeness (QED) is 0.779. The van der Waals surface area contributed by atoms with E-state index in [0.29, 0.717) is 5.41 Å². The molecule has 2 aliphatic rings. The van der Waals surface area contributed by atoms with Crippen LogP contribution in [0.5, 0.6) is 0 Å². The van der Waals surface area contributed by atoms with E-state index in [1.165, 1.54) is 51.7 Å². The summed E-state index contributed by atoms with van der Waals surface area (Å²) in [5.74, 6) is 0.932. The standard InChI is InChI=1S/C17H34N2/c1-16(2,3)14-7-9-15(10-8-14)19-12-6-11-18-17(4,5)13-19/h14-15,18H,6-13H2,1-5H3. The molecule has 1 aliphatic carbocycles. The minimum Gasteiger partial charge on any atom is -0.310 e. The molecule has 2 fully saturated rings. The first kappa shape index (κ1) is 15.3. The molecule has 112 valence electrons. The van der Waals surface area contributed by atoms with Gasteiger partial charge in [0.2, 0.25) is 0 Å². The zero-order valence-electron chi connectivity index (χ0n) is 13.8. The Hall–Kier alpha value is -0.0800. The van der Waals surface area contributed by atoms with Gasteiger partial charge in [-0.25, -0.2) is 0 Å². The number of hydrogen-bond acceptors (Lipinski definition) is 2. The molecular formula is C17H34N2. The van der Waals surface area contributed by atoms with Gasteiger partial charge in [-0.1, -0.05) is 20.8 Å². The van der Waals surface area contributed by atoms with Crippen LogP contribution in [0, 0.1) is 11.3 Å². The molecule has 1 heterocycles. The summed E-state index contributed by atoms with van der Waals surface area (Å²) >= 11 is 0. The van der Waals surface area contributed by atoms with Crippen LogP contribution in [0.3, 0.4) is 0 Å². The average Bonchev–Trinajstić information content (AvgIpc) is 2.49. The predicted octanol–water partition coefficient (Wildman–Crippen LogP) is 3.67. The van der Waals surface area contributed by atoms with E-state index in [1.807, 2.05) is 0 Å². The average molecular weight is 266 g/mol. The molecule has 1 saturated heterocycles. The van der Waals surface area contributed by atoms with Crippen LogP contribution in [0.2, 0.25) is 0 Å². The SMILES string of the molecule is CC1(C)CN(C2CCC(C(C)(C)C)CC2)CCCN1. The topological polar surface area (TPSA) is 15.3 Å². The van der Waals surface area contributed by atoms with Crippen molar-refractivity contribution in [3.8, 4) is 0 Å². The zero-order valence-corrected chi connectivity index (χ0v) is 13.8. The predicted molar refractivity (Wildman–Crippen MR) is 83.5 cm³/mol. The number of rotatable bonds is 1. The van der Waals surface area contributed by atoms with Gasteiger partial charge in [0.25, 0.3) is 0 Å². The molecule has 19 heavy (non-hydrogen) atoms. The maximum Gasteiger partial charge on any atom is 0.0252 e. The maximum absolute atomic E-state index is 3.68. The van der Waals surface area contributed by atoms with Crippen LogP contribution in [0.4, 0.5) is 0 Å². The van der Waals surface area contributed by atoms with Crippen molar-refractivity contribution in [3.63, 3.8) is 0 Å². The minimum absolute atomic E-state index is 0.289. The highest BCUT2D eigenvalue weighted by Crippen LogP contribution is 2.39. The second-order valence-electron chi connectivity index (χ2n) is 8.51. The van der Waals surface area contributed by atoms with Crippen molar-refractivity contribution >= 4 is 0 Å². The van der Waals surface area contributed by atoms with E-state index in [-0.39, 0.29) is 5.54 Å². The first-order chi connectivity index (χ1) is 8.78. The summed E-state index contributed by atoms with van der Waals surface area (Å²) in [6.07, 6.45) is 7.00. The third-order valence-corrected chi connectivity index (χ3v) is 5.26. The molecule has 0 aromatic carbocycles. The molecule has 2 rings (SSSR count). The van der Waals surface area contributed by atoms with Crippen molar-refractivity contribution in [1.29, 1.82) is 0 Å². The molecular weight excluding hydrogens is 232 g/mol. The van der Waals surface area contributed by atoms with E-state index < -0.39 is 0 Å². The highest BCUT2D eigenvalue weighted by atomic mass is 15.2. The first-order valence-electron chi connectivity index (χ1n) is 8.27. The van der Waals surface area contributed by atoms with Gasteiger partial charge in [-0.3, -0.25) is 4.90 Å². The fourth-order valence-electron chi connectivity index (χ4n) is 3.97. The second-order valence-corrected chi connectivity index (χ2v) is 8.51. The van der Waals surface area contributed by atoms with E-state index in [2.05, 4.69) is 44.8 Å². The van der Waals surface area contributed by atoms with Gasteiger partial charge in [-0.2, -0.15) is 0 Å². The molecule has 1 N–H and O–H groups in total. The molecule has 0 aromatic heterocycles. The third-order valence-electron chi connectivity index (χ3n) is 5.26. The summed E-state index contributed by atoms with van der Waals surface area (Å²) in [6, 6.07) is 0.845. The lowest BCUT2D eigenvalue weighted by molar-refractivity contribution is 0.0866.